The maximum Gasteiger partial charge on any atom is 0.128 e. The number of rotatable bonds is 3. The monoisotopic (exact) mass is 143 g/mol. The van der Waals surface area contributed by atoms with Crippen LogP contribution in [0, 0.1) is 12.3 Å². The molecule has 0 bridgehead atoms. The molecule has 0 spiro atoms. The highest BCUT2D eigenvalue weighted by Gasteiger charge is 2.16. The van der Waals surface area contributed by atoms with E-state index in [4.69, 9.17) is 11.3 Å². The molecule has 1 N–H and O–H groups in total. The summed E-state index contributed by atoms with van der Waals surface area (Å²) in [5.74, 6) is 4.67. The molecule has 1 aliphatic rings. The number of thioether (sulfide) groups is 1. The Bertz CT molecular complexity index is 117. The first-order chi connectivity index (χ1) is 4.43. The van der Waals surface area contributed by atoms with Crippen LogP contribution in [0.25, 0.3) is 0 Å². The van der Waals surface area contributed by atoms with Crippen molar-refractivity contribution >= 4 is 11.8 Å². The van der Waals surface area contributed by atoms with Crippen molar-refractivity contribution in [3.8, 4) is 12.3 Å². The number of hydroxylamine groups is 1. The van der Waals surface area contributed by atoms with Gasteiger partial charge in [-0.15, -0.1) is 6.42 Å². The van der Waals surface area contributed by atoms with Crippen LogP contribution in [0.4, 0.5) is 0 Å². The Morgan fingerprint density at radius 1 is 1.78 bits per heavy atom. The largest absolute Gasteiger partial charge is 0.289 e. The SMILES string of the molecule is C#CCONC1CSC1. The van der Waals surface area contributed by atoms with E-state index in [2.05, 4.69) is 11.4 Å². The maximum atomic E-state index is 4.95. The molecule has 0 saturated carbocycles. The summed E-state index contributed by atoms with van der Waals surface area (Å²) < 4.78 is 0. The third-order valence-electron chi connectivity index (χ3n) is 1.04. The molecule has 0 radical (unpaired) electrons. The Kier molecular flexibility index (Phi) is 2.92. The second-order valence-electron chi connectivity index (χ2n) is 1.85. The molecule has 1 fully saturated rings. The van der Waals surface area contributed by atoms with Crippen LogP contribution in [0.5, 0.6) is 0 Å². The summed E-state index contributed by atoms with van der Waals surface area (Å²) in [6.45, 7) is 0.362. The third kappa shape index (κ3) is 2.27. The normalized spacial score (nSPS) is 18.6. The molecule has 0 amide bonds. The van der Waals surface area contributed by atoms with E-state index in [0.29, 0.717) is 12.6 Å². The second kappa shape index (κ2) is 3.78. The van der Waals surface area contributed by atoms with Gasteiger partial charge in [-0.25, -0.2) is 0 Å². The first-order valence-corrected chi connectivity index (χ1v) is 3.97. The lowest BCUT2D eigenvalue weighted by molar-refractivity contribution is 0.0471. The quantitative estimate of drug-likeness (QED) is 0.348. The van der Waals surface area contributed by atoms with Gasteiger partial charge >= 0.3 is 0 Å². The molecule has 9 heavy (non-hydrogen) atoms. The molecule has 0 unspecified atom stereocenters. The van der Waals surface area contributed by atoms with Gasteiger partial charge in [-0.3, -0.25) is 4.84 Å². The van der Waals surface area contributed by atoms with Crippen LogP contribution >= 0.6 is 11.8 Å². The summed E-state index contributed by atoms with van der Waals surface area (Å²) in [6.07, 6.45) is 4.95. The maximum absolute atomic E-state index is 4.95. The van der Waals surface area contributed by atoms with Crippen LogP contribution in [0.1, 0.15) is 0 Å². The van der Waals surface area contributed by atoms with Crippen LogP contribution in [-0.2, 0) is 4.84 Å². The summed E-state index contributed by atoms with van der Waals surface area (Å²) in [6, 6.07) is 0.531. The van der Waals surface area contributed by atoms with Crippen LogP contribution in [0.2, 0.25) is 0 Å². The van der Waals surface area contributed by atoms with E-state index in [1.807, 2.05) is 11.8 Å². The number of nitrogens with one attached hydrogen (secondary N) is 1. The van der Waals surface area contributed by atoms with Crippen LogP contribution in [0.3, 0.4) is 0 Å². The molecular formula is C6H9NOS. The highest BCUT2D eigenvalue weighted by atomic mass is 32.2. The molecule has 0 aliphatic carbocycles. The zero-order valence-electron chi connectivity index (χ0n) is 5.09. The van der Waals surface area contributed by atoms with Gasteiger partial charge in [0.1, 0.15) is 6.61 Å². The first-order valence-electron chi connectivity index (χ1n) is 2.82. The molecule has 0 atom stereocenters. The second-order valence-corrected chi connectivity index (χ2v) is 2.92. The van der Waals surface area contributed by atoms with E-state index in [-0.39, 0.29) is 0 Å². The molecule has 3 heteroatoms. The van der Waals surface area contributed by atoms with Crippen molar-refractivity contribution in [1.29, 1.82) is 0 Å². The summed E-state index contributed by atoms with van der Waals surface area (Å²) >= 11 is 1.91. The van der Waals surface area contributed by atoms with Gasteiger partial charge in [0.05, 0.1) is 6.04 Å². The molecule has 1 rings (SSSR count). The predicted octanol–water partition coefficient (Wildman–Crippen LogP) is 0.256. The fourth-order valence-electron chi connectivity index (χ4n) is 0.505. The Balaban J connectivity index is 1.87. The van der Waals surface area contributed by atoms with E-state index < -0.39 is 0 Å². The average Bonchev–Trinajstić information content (AvgIpc) is 1.76. The molecule has 0 aromatic heterocycles. The molecule has 1 saturated heterocycles. The number of hydrogen-bond acceptors (Lipinski definition) is 3. The fraction of sp³-hybridized carbons (Fsp3) is 0.667. The van der Waals surface area contributed by atoms with E-state index in [0.717, 1.165) is 11.5 Å². The summed E-state index contributed by atoms with van der Waals surface area (Å²) in [5.41, 5.74) is 2.86. The fourth-order valence-corrected chi connectivity index (χ4v) is 1.11. The van der Waals surface area contributed by atoms with Gasteiger partial charge in [-0.2, -0.15) is 17.2 Å². The van der Waals surface area contributed by atoms with Gasteiger partial charge in [-0.1, -0.05) is 5.92 Å². The number of hydrogen-bond donors (Lipinski definition) is 1. The van der Waals surface area contributed by atoms with Gasteiger partial charge in [-0.05, 0) is 0 Å². The molecule has 1 aliphatic heterocycles. The van der Waals surface area contributed by atoms with Crippen molar-refractivity contribution in [3.05, 3.63) is 0 Å². The molecule has 0 aromatic rings. The van der Waals surface area contributed by atoms with E-state index in [1.165, 1.54) is 0 Å². The minimum absolute atomic E-state index is 0.362. The third-order valence-corrected chi connectivity index (χ3v) is 2.32. The first kappa shape index (κ1) is 6.94. The highest BCUT2D eigenvalue weighted by molar-refractivity contribution is 8.00. The molecule has 1 heterocycles. The lowest BCUT2D eigenvalue weighted by atomic mass is 10.4. The number of terminal acetylenes is 1. The van der Waals surface area contributed by atoms with Gasteiger partial charge in [0, 0.05) is 11.5 Å². The van der Waals surface area contributed by atoms with Gasteiger partial charge in [0.25, 0.3) is 0 Å². The van der Waals surface area contributed by atoms with Gasteiger partial charge in [0.2, 0.25) is 0 Å². The summed E-state index contributed by atoms with van der Waals surface area (Å²) in [4.78, 5) is 4.89. The van der Waals surface area contributed by atoms with E-state index >= 15 is 0 Å². The van der Waals surface area contributed by atoms with Crippen molar-refractivity contribution in [2.24, 2.45) is 0 Å². The van der Waals surface area contributed by atoms with Crippen molar-refractivity contribution in [2.75, 3.05) is 18.1 Å². The van der Waals surface area contributed by atoms with Crippen molar-refractivity contribution < 1.29 is 4.84 Å². The zero-order valence-corrected chi connectivity index (χ0v) is 5.91. The molecule has 2 nitrogen and oxygen atoms in total. The smallest absolute Gasteiger partial charge is 0.128 e. The van der Waals surface area contributed by atoms with Crippen molar-refractivity contribution in [2.45, 2.75) is 6.04 Å². The van der Waals surface area contributed by atoms with Gasteiger partial charge in [0.15, 0.2) is 0 Å². The molecular weight excluding hydrogens is 134 g/mol. The topological polar surface area (TPSA) is 21.3 Å². The lowest BCUT2D eigenvalue weighted by Crippen LogP contribution is -2.40. The van der Waals surface area contributed by atoms with E-state index in [9.17, 15) is 0 Å². The standard InChI is InChI=1S/C6H9NOS/c1-2-3-8-7-6-4-9-5-6/h1,6-7H,3-5H2. The lowest BCUT2D eigenvalue weighted by Gasteiger charge is -2.24. The minimum atomic E-state index is 0.362. The average molecular weight is 143 g/mol. The summed E-state index contributed by atoms with van der Waals surface area (Å²) in [7, 11) is 0. The predicted molar refractivity (Wildman–Crippen MR) is 39.0 cm³/mol. The minimum Gasteiger partial charge on any atom is -0.289 e. The molecule has 0 aromatic carbocycles. The van der Waals surface area contributed by atoms with Gasteiger partial charge < -0.3 is 0 Å². The van der Waals surface area contributed by atoms with Crippen molar-refractivity contribution in [1.82, 2.24) is 5.48 Å². The Hall–Kier alpha value is -0.170. The Morgan fingerprint density at radius 3 is 3.00 bits per heavy atom. The van der Waals surface area contributed by atoms with Crippen LogP contribution in [0.15, 0.2) is 0 Å². The summed E-state index contributed by atoms with van der Waals surface area (Å²) in [5, 5.41) is 0. The Labute approximate surface area is 59.3 Å². The molecule has 50 valence electrons. The van der Waals surface area contributed by atoms with Crippen LogP contribution in [-0.4, -0.2) is 24.2 Å². The van der Waals surface area contributed by atoms with E-state index in [1.54, 1.807) is 0 Å². The zero-order chi connectivity index (χ0) is 6.53. The highest BCUT2D eigenvalue weighted by Crippen LogP contribution is 2.16. The van der Waals surface area contributed by atoms with Crippen LogP contribution < -0.4 is 5.48 Å². The Morgan fingerprint density at radius 2 is 2.56 bits per heavy atom. The van der Waals surface area contributed by atoms with Crippen molar-refractivity contribution in [3.63, 3.8) is 0 Å².